The van der Waals surface area contributed by atoms with Crippen molar-refractivity contribution >= 4 is 5.96 Å². The molecule has 2 fully saturated rings. The lowest BCUT2D eigenvalue weighted by atomic mass is 10.1. The fraction of sp³-hybridized carbons (Fsp3) is 0.696. The van der Waals surface area contributed by atoms with E-state index in [2.05, 4.69) is 56.6 Å². The Hall–Kier alpha value is -1.67. The van der Waals surface area contributed by atoms with E-state index in [1.54, 1.807) is 0 Å². The summed E-state index contributed by atoms with van der Waals surface area (Å²) in [5.74, 6) is 0.838. The van der Waals surface area contributed by atoms with Gasteiger partial charge in [0.25, 0.3) is 0 Å². The van der Waals surface area contributed by atoms with Crippen molar-refractivity contribution in [2.75, 3.05) is 66.1 Å². The lowest BCUT2D eigenvalue weighted by molar-refractivity contribution is 0.0420. The van der Waals surface area contributed by atoms with Gasteiger partial charge in [-0.1, -0.05) is 31.2 Å². The van der Waals surface area contributed by atoms with Crippen LogP contribution in [0.3, 0.4) is 0 Å². The monoisotopic (exact) mass is 417 g/mol. The van der Waals surface area contributed by atoms with E-state index in [9.17, 15) is 0 Å². The van der Waals surface area contributed by atoms with Gasteiger partial charge in [-0.2, -0.15) is 0 Å². The average molecular weight is 418 g/mol. The second-order valence-corrected chi connectivity index (χ2v) is 8.04. The molecule has 0 aromatic heterocycles. The van der Waals surface area contributed by atoms with E-state index in [4.69, 9.17) is 9.47 Å². The van der Waals surface area contributed by atoms with E-state index in [0.717, 1.165) is 77.9 Å². The molecule has 0 saturated carbocycles. The highest BCUT2D eigenvalue weighted by Gasteiger charge is 2.17. The second kappa shape index (κ2) is 12.9. The number of ether oxygens (including phenoxy) is 2. The maximum absolute atomic E-state index is 5.82. The molecule has 30 heavy (non-hydrogen) atoms. The molecule has 0 radical (unpaired) electrons. The van der Waals surface area contributed by atoms with Gasteiger partial charge in [0, 0.05) is 66.1 Å². The number of benzene rings is 1. The summed E-state index contributed by atoms with van der Waals surface area (Å²) in [7, 11) is 1.82. The summed E-state index contributed by atoms with van der Waals surface area (Å²) in [6.07, 6.45) is 2.26. The predicted molar refractivity (Wildman–Crippen MR) is 122 cm³/mol. The number of nitrogens with zero attached hydrogens (tertiary/aromatic N) is 3. The van der Waals surface area contributed by atoms with Crippen LogP contribution in [0.25, 0.3) is 0 Å². The van der Waals surface area contributed by atoms with Gasteiger partial charge in [-0.3, -0.25) is 9.89 Å². The molecular formula is C23H39N5O2. The normalized spacial score (nSPS) is 21.1. The third-order valence-electron chi connectivity index (χ3n) is 5.95. The third kappa shape index (κ3) is 7.54. The van der Waals surface area contributed by atoms with Crippen LogP contribution >= 0.6 is 0 Å². The summed E-state index contributed by atoms with van der Waals surface area (Å²) in [4.78, 5) is 9.44. The number of nitrogens with one attached hydrogen (secondary N) is 2. The van der Waals surface area contributed by atoms with Crippen LogP contribution in [-0.2, 0) is 22.6 Å². The molecule has 2 aliphatic rings. The van der Waals surface area contributed by atoms with Crippen molar-refractivity contribution in [3.05, 3.63) is 35.4 Å². The second-order valence-electron chi connectivity index (χ2n) is 8.04. The fourth-order valence-corrected chi connectivity index (χ4v) is 3.96. The highest BCUT2D eigenvalue weighted by molar-refractivity contribution is 5.79. The molecular weight excluding hydrogens is 378 g/mol. The van der Waals surface area contributed by atoms with Gasteiger partial charge in [0.15, 0.2) is 5.96 Å². The van der Waals surface area contributed by atoms with Crippen LogP contribution < -0.4 is 10.6 Å². The van der Waals surface area contributed by atoms with Gasteiger partial charge in [0.1, 0.15) is 0 Å². The number of rotatable bonds is 10. The zero-order chi connectivity index (χ0) is 21.0. The van der Waals surface area contributed by atoms with Crippen molar-refractivity contribution in [1.29, 1.82) is 0 Å². The fourth-order valence-electron chi connectivity index (χ4n) is 3.96. The summed E-state index contributed by atoms with van der Waals surface area (Å²) < 4.78 is 11.2. The Morgan fingerprint density at radius 2 is 1.90 bits per heavy atom. The molecule has 2 heterocycles. The first-order chi connectivity index (χ1) is 14.8. The SMILES string of the molecule is CCN1CCN(Cc2ccccc2CNC(=NC)NCCCOC2CCOC2)CC1. The Morgan fingerprint density at radius 3 is 2.60 bits per heavy atom. The molecule has 7 nitrogen and oxygen atoms in total. The van der Waals surface area contributed by atoms with Crippen LogP contribution in [0.2, 0.25) is 0 Å². The Morgan fingerprint density at radius 1 is 1.13 bits per heavy atom. The third-order valence-corrected chi connectivity index (χ3v) is 5.95. The molecule has 0 bridgehead atoms. The molecule has 0 aliphatic carbocycles. The van der Waals surface area contributed by atoms with Gasteiger partial charge >= 0.3 is 0 Å². The van der Waals surface area contributed by atoms with Crippen LogP contribution in [0.15, 0.2) is 29.3 Å². The van der Waals surface area contributed by atoms with Gasteiger partial charge in [0.2, 0.25) is 0 Å². The van der Waals surface area contributed by atoms with E-state index in [1.165, 1.54) is 24.2 Å². The first-order valence-electron chi connectivity index (χ1n) is 11.4. The van der Waals surface area contributed by atoms with E-state index >= 15 is 0 Å². The van der Waals surface area contributed by atoms with Crippen molar-refractivity contribution in [2.24, 2.45) is 4.99 Å². The first-order valence-corrected chi connectivity index (χ1v) is 11.4. The molecule has 3 rings (SSSR count). The lowest BCUT2D eigenvalue weighted by Crippen LogP contribution is -2.45. The molecule has 168 valence electrons. The smallest absolute Gasteiger partial charge is 0.191 e. The minimum atomic E-state index is 0.281. The largest absolute Gasteiger partial charge is 0.379 e. The van der Waals surface area contributed by atoms with E-state index in [1.807, 2.05) is 7.05 Å². The Labute approximate surface area is 181 Å². The van der Waals surface area contributed by atoms with Crippen molar-refractivity contribution in [2.45, 2.75) is 39.0 Å². The van der Waals surface area contributed by atoms with Crippen LogP contribution in [0, 0.1) is 0 Å². The summed E-state index contributed by atoms with van der Waals surface area (Å²) in [6.45, 7) is 13.0. The van der Waals surface area contributed by atoms with E-state index in [-0.39, 0.29) is 6.10 Å². The van der Waals surface area contributed by atoms with Gasteiger partial charge in [0.05, 0.1) is 12.7 Å². The zero-order valence-corrected chi connectivity index (χ0v) is 18.7. The highest BCUT2D eigenvalue weighted by Crippen LogP contribution is 2.13. The van der Waals surface area contributed by atoms with Crippen LogP contribution in [0.4, 0.5) is 0 Å². The lowest BCUT2D eigenvalue weighted by Gasteiger charge is -2.34. The number of likely N-dealkylation sites (N-methyl/N-ethyl adjacent to an activating group) is 1. The highest BCUT2D eigenvalue weighted by atomic mass is 16.5. The van der Waals surface area contributed by atoms with Crippen LogP contribution in [-0.4, -0.2) is 88.0 Å². The quantitative estimate of drug-likeness (QED) is 0.343. The Bertz CT molecular complexity index is 640. The summed E-state index contributed by atoms with van der Waals surface area (Å²) >= 11 is 0. The van der Waals surface area contributed by atoms with Gasteiger partial charge in [-0.05, 0) is 30.5 Å². The standard InChI is InChI=1S/C23H39N5O2/c1-3-27-11-13-28(14-12-27)18-21-8-5-4-7-20(21)17-26-23(24-2)25-10-6-15-30-22-9-16-29-19-22/h4-5,7-8,22H,3,6,9-19H2,1-2H3,(H2,24,25,26). The number of guanidine groups is 1. The molecule has 2 saturated heterocycles. The number of hydrogen-bond acceptors (Lipinski definition) is 5. The molecule has 1 atom stereocenters. The number of hydrogen-bond donors (Lipinski definition) is 2. The van der Waals surface area contributed by atoms with Gasteiger partial charge < -0.3 is 25.0 Å². The van der Waals surface area contributed by atoms with Crippen molar-refractivity contribution < 1.29 is 9.47 Å². The molecule has 0 amide bonds. The summed E-state index contributed by atoms with van der Waals surface area (Å²) in [5.41, 5.74) is 2.74. The topological polar surface area (TPSA) is 61.4 Å². The molecule has 1 unspecified atom stereocenters. The van der Waals surface area contributed by atoms with Gasteiger partial charge in [-0.15, -0.1) is 0 Å². The maximum atomic E-state index is 5.82. The molecule has 7 heteroatoms. The first kappa shape index (κ1) is 23.0. The molecule has 1 aromatic carbocycles. The molecule has 2 N–H and O–H groups in total. The zero-order valence-electron chi connectivity index (χ0n) is 18.7. The molecule has 0 spiro atoms. The Balaban J connectivity index is 1.38. The number of aliphatic imine (C=N–C) groups is 1. The summed E-state index contributed by atoms with van der Waals surface area (Å²) in [6, 6.07) is 8.73. The average Bonchev–Trinajstić information content (AvgIpc) is 3.30. The van der Waals surface area contributed by atoms with Crippen LogP contribution in [0.5, 0.6) is 0 Å². The predicted octanol–water partition coefficient (Wildman–Crippen LogP) is 1.68. The van der Waals surface area contributed by atoms with Crippen LogP contribution in [0.1, 0.15) is 30.9 Å². The van der Waals surface area contributed by atoms with Crippen molar-refractivity contribution in [1.82, 2.24) is 20.4 Å². The van der Waals surface area contributed by atoms with E-state index < -0.39 is 0 Å². The van der Waals surface area contributed by atoms with Gasteiger partial charge in [-0.25, -0.2) is 0 Å². The van der Waals surface area contributed by atoms with Crippen molar-refractivity contribution in [3.8, 4) is 0 Å². The molecule has 2 aliphatic heterocycles. The van der Waals surface area contributed by atoms with Crippen molar-refractivity contribution in [3.63, 3.8) is 0 Å². The Kier molecular flexibility index (Phi) is 9.89. The minimum Gasteiger partial charge on any atom is -0.379 e. The molecule has 1 aromatic rings. The van der Waals surface area contributed by atoms with E-state index in [0.29, 0.717) is 0 Å². The number of piperazine rings is 1. The maximum Gasteiger partial charge on any atom is 0.191 e. The minimum absolute atomic E-state index is 0.281. The summed E-state index contributed by atoms with van der Waals surface area (Å²) in [5, 5.41) is 6.85.